The molecular weight excluding hydrogens is 452 g/mol. The fourth-order valence-electron chi connectivity index (χ4n) is 3.52. The molecule has 8 nitrogen and oxygen atoms in total. The molecule has 0 spiro atoms. The summed E-state index contributed by atoms with van der Waals surface area (Å²) in [5, 5.41) is 9.62. The Morgan fingerprint density at radius 2 is 1.82 bits per heavy atom. The van der Waals surface area contributed by atoms with Crippen molar-refractivity contribution in [1.29, 1.82) is 5.26 Å². The number of thiol groups is 1. The van der Waals surface area contributed by atoms with Crippen molar-refractivity contribution in [3.63, 3.8) is 0 Å². The third kappa shape index (κ3) is 7.80. The first-order chi connectivity index (χ1) is 15.7. The Bertz CT molecular complexity index is 1070. The SMILES string of the molecule is CN.N#Cc1cc(-c2ccnc(Cc3cccc(CS)c3)n2)ccc1OC1CCOCC1.O.O. The molecule has 0 unspecified atom stereocenters. The number of rotatable bonds is 6. The first-order valence-corrected chi connectivity index (χ1v) is 11.3. The van der Waals surface area contributed by atoms with E-state index in [-0.39, 0.29) is 17.1 Å². The Morgan fingerprint density at radius 1 is 1.09 bits per heavy atom. The Balaban J connectivity index is 0.00000141. The summed E-state index contributed by atoms with van der Waals surface area (Å²) < 4.78 is 11.4. The van der Waals surface area contributed by atoms with E-state index in [2.05, 4.69) is 47.6 Å². The molecule has 182 valence electrons. The van der Waals surface area contributed by atoms with E-state index in [0.717, 1.165) is 35.5 Å². The zero-order valence-electron chi connectivity index (χ0n) is 19.2. The van der Waals surface area contributed by atoms with Crippen LogP contribution < -0.4 is 10.5 Å². The average Bonchev–Trinajstić information content (AvgIpc) is 2.86. The van der Waals surface area contributed by atoms with Crippen LogP contribution >= 0.6 is 12.6 Å². The third-order valence-electron chi connectivity index (χ3n) is 5.10. The fourth-order valence-corrected chi connectivity index (χ4v) is 3.72. The molecule has 2 aromatic carbocycles. The first kappa shape index (κ1) is 29.0. The minimum Gasteiger partial charge on any atom is -0.489 e. The Hall–Kier alpha value is -3.00. The summed E-state index contributed by atoms with van der Waals surface area (Å²) in [6.07, 6.45) is 4.19. The van der Waals surface area contributed by atoms with E-state index >= 15 is 0 Å². The summed E-state index contributed by atoms with van der Waals surface area (Å²) in [6.45, 7) is 1.40. The summed E-state index contributed by atoms with van der Waals surface area (Å²) in [7, 11) is 1.50. The van der Waals surface area contributed by atoms with E-state index < -0.39 is 0 Å². The number of nitriles is 1. The van der Waals surface area contributed by atoms with Gasteiger partial charge in [0.15, 0.2) is 0 Å². The highest BCUT2D eigenvalue weighted by Crippen LogP contribution is 2.27. The summed E-state index contributed by atoms with van der Waals surface area (Å²) in [5.74, 6) is 2.06. The number of ether oxygens (including phenoxy) is 2. The molecule has 1 fully saturated rings. The van der Waals surface area contributed by atoms with Gasteiger partial charge in [-0.25, -0.2) is 9.97 Å². The second kappa shape index (κ2) is 15.0. The molecule has 2 heterocycles. The van der Waals surface area contributed by atoms with Crippen LogP contribution in [-0.4, -0.2) is 47.3 Å². The van der Waals surface area contributed by atoms with Crippen molar-refractivity contribution in [2.45, 2.75) is 31.1 Å². The lowest BCUT2D eigenvalue weighted by Crippen LogP contribution is -2.26. The molecule has 0 aliphatic carbocycles. The minimum absolute atomic E-state index is 0. The van der Waals surface area contributed by atoms with Crippen LogP contribution in [0.1, 0.15) is 35.4 Å². The monoisotopic (exact) mass is 484 g/mol. The molecule has 34 heavy (non-hydrogen) atoms. The maximum atomic E-state index is 9.62. The van der Waals surface area contributed by atoms with Crippen molar-refractivity contribution in [2.24, 2.45) is 5.73 Å². The summed E-state index contributed by atoms with van der Waals surface area (Å²) in [4.78, 5) is 9.14. The smallest absolute Gasteiger partial charge is 0.137 e. The van der Waals surface area contributed by atoms with Crippen LogP contribution in [0.2, 0.25) is 0 Å². The first-order valence-electron chi connectivity index (χ1n) is 10.6. The molecule has 0 atom stereocenters. The molecule has 1 aromatic heterocycles. The van der Waals surface area contributed by atoms with Gasteiger partial charge in [-0.2, -0.15) is 17.9 Å². The fraction of sp³-hybridized carbons (Fsp3) is 0.320. The molecule has 4 rings (SSSR count). The number of benzene rings is 2. The maximum Gasteiger partial charge on any atom is 0.137 e. The largest absolute Gasteiger partial charge is 0.489 e. The van der Waals surface area contributed by atoms with Crippen LogP contribution in [0.25, 0.3) is 11.3 Å². The van der Waals surface area contributed by atoms with Crippen LogP contribution in [0, 0.1) is 11.3 Å². The highest BCUT2D eigenvalue weighted by atomic mass is 32.1. The minimum atomic E-state index is 0. The number of aromatic nitrogens is 2. The van der Waals surface area contributed by atoms with Gasteiger partial charge in [0.05, 0.1) is 24.5 Å². The molecule has 9 heteroatoms. The molecule has 0 bridgehead atoms. The van der Waals surface area contributed by atoms with E-state index in [1.807, 2.05) is 30.3 Å². The van der Waals surface area contributed by atoms with Crippen LogP contribution in [0.3, 0.4) is 0 Å². The van der Waals surface area contributed by atoms with Crippen LogP contribution in [0.5, 0.6) is 5.75 Å². The Morgan fingerprint density at radius 3 is 2.53 bits per heavy atom. The third-order valence-corrected chi connectivity index (χ3v) is 5.46. The zero-order chi connectivity index (χ0) is 22.8. The summed E-state index contributed by atoms with van der Waals surface area (Å²) in [6, 6.07) is 18.0. The number of hydrogen-bond donors (Lipinski definition) is 2. The van der Waals surface area contributed by atoms with Crippen molar-refractivity contribution < 1.29 is 20.4 Å². The standard InChI is InChI=1S/C24H23N3O2S.CH5N.2H2O/c25-15-20-14-19(4-5-23(20)29-21-7-10-28-11-8-21)22-6-9-26-24(27-22)13-17-2-1-3-18(12-17)16-30;1-2;;/h1-6,9,12,14,21,30H,7-8,10-11,13,16H2;2H2,1H3;2*1H2. The van der Waals surface area contributed by atoms with Crippen molar-refractivity contribution in [2.75, 3.05) is 20.3 Å². The van der Waals surface area contributed by atoms with Gasteiger partial charge in [-0.15, -0.1) is 0 Å². The van der Waals surface area contributed by atoms with Crippen LogP contribution in [-0.2, 0) is 16.9 Å². The molecule has 1 saturated heterocycles. The van der Waals surface area contributed by atoms with Gasteiger partial charge in [-0.1, -0.05) is 24.3 Å². The van der Waals surface area contributed by atoms with Gasteiger partial charge in [0.2, 0.25) is 0 Å². The molecule has 0 radical (unpaired) electrons. The van der Waals surface area contributed by atoms with Gasteiger partial charge < -0.3 is 26.2 Å². The van der Waals surface area contributed by atoms with Gasteiger partial charge in [-0.05, 0) is 42.4 Å². The second-order valence-electron chi connectivity index (χ2n) is 7.27. The molecular formula is C25H32N4O4S. The lowest BCUT2D eigenvalue weighted by molar-refractivity contribution is 0.0254. The molecule has 3 aromatic rings. The zero-order valence-corrected chi connectivity index (χ0v) is 20.1. The predicted octanol–water partition coefficient (Wildman–Crippen LogP) is 2.52. The van der Waals surface area contributed by atoms with E-state index in [4.69, 9.17) is 14.5 Å². The highest BCUT2D eigenvalue weighted by Gasteiger charge is 2.17. The van der Waals surface area contributed by atoms with Gasteiger partial charge >= 0.3 is 0 Å². The predicted molar refractivity (Wildman–Crippen MR) is 136 cm³/mol. The topological polar surface area (TPSA) is 157 Å². The quantitative estimate of drug-likeness (QED) is 0.512. The Labute approximate surface area is 205 Å². The van der Waals surface area contributed by atoms with E-state index in [0.29, 0.717) is 36.7 Å². The number of nitrogens with zero attached hydrogens (tertiary/aromatic N) is 3. The van der Waals surface area contributed by atoms with Crippen molar-refractivity contribution in [3.8, 4) is 23.1 Å². The van der Waals surface area contributed by atoms with Crippen LogP contribution in [0.4, 0.5) is 0 Å². The summed E-state index contributed by atoms with van der Waals surface area (Å²) in [5.41, 5.74) is 9.00. The van der Waals surface area contributed by atoms with Gasteiger partial charge in [0, 0.05) is 36.8 Å². The van der Waals surface area contributed by atoms with Crippen molar-refractivity contribution in [3.05, 3.63) is 77.2 Å². The molecule has 6 N–H and O–H groups in total. The van der Waals surface area contributed by atoms with E-state index in [9.17, 15) is 5.26 Å². The molecule has 1 aliphatic rings. The maximum absolute atomic E-state index is 9.62. The molecule has 0 amide bonds. The number of nitrogens with two attached hydrogens (primary N) is 1. The highest BCUT2D eigenvalue weighted by molar-refractivity contribution is 7.79. The van der Waals surface area contributed by atoms with E-state index in [1.165, 1.54) is 12.6 Å². The lowest BCUT2D eigenvalue weighted by Gasteiger charge is -2.23. The summed E-state index contributed by atoms with van der Waals surface area (Å²) >= 11 is 4.34. The number of hydrogen-bond acceptors (Lipinski definition) is 7. The lowest BCUT2D eigenvalue weighted by atomic mass is 10.1. The molecule has 1 aliphatic heterocycles. The Kier molecular flexibility index (Phi) is 12.8. The van der Waals surface area contributed by atoms with Gasteiger partial charge in [0.1, 0.15) is 23.7 Å². The van der Waals surface area contributed by atoms with Crippen LogP contribution in [0.15, 0.2) is 54.7 Å². The molecule has 0 saturated carbocycles. The van der Waals surface area contributed by atoms with E-state index in [1.54, 1.807) is 6.20 Å². The van der Waals surface area contributed by atoms with Gasteiger partial charge in [-0.3, -0.25) is 0 Å². The van der Waals surface area contributed by atoms with Gasteiger partial charge in [0.25, 0.3) is 0 Å². The average molecular weight is 485 g/mol. The normalized spacial score (nSPS) is 12.8. The van der Waals surface area contributed by atoms with Crippen molar-refractivity contribution >= 4 is 12.6 Å². The van der Waals surface area contributed by atoms with Crippen molar-refractivity contribution in [1.82, 2.24) is 9.97 Å². The second-order valence-corrected chi connectivity index (χ2v) is 7.58.